The predicted octanol–water partition coefficient (Wildman–Crippen LogP) is 3.59. The van der Waals surface area contributed by atoms with Crippen LogP contribution >= 0.6 is 11.6 Å². The van der Waals surface area contributed by atoms with Crippen molar-refractivity contribution in [2.75, 3.05) is 13.1 Å². The Balaban J connectivity index is 1.81. The molecule has 0 radical (unpaired) electrons. The van der Waals surface area contributed by atoms with Crippen molar-refractivity contribution >= 4 is 27.5 Å². The van der Waals surface area contributed by atoms with Crippen molar-refractivity contribution in [3.8, 4) is 0 Å². The summed E-state index contributed by atoms with van der Waals surface area (Å²) in [4.78, 5) is 12.7. The molecule has 1 heterocycles. The van der Waals surface area contributed by atoms with Crippen LogP contribution in [0.4, 0.5) is 0 Å². The van der Waals surface area contributed by atoms with Gasteiger partial charge in [0, 0.05) is 24.7 Å². The number of carbonyl (C=O) groups is 1. The second kappa shape index (κ2) is 9.11. The number of sulfonamides is 1. The van der Waals surface area contributed by atoms with Gasteiger partial charge >= 0.3 is 0 Å². The fraction of sp³-hybridized carbons (Fsp3) is 0.650. The van der Waals surface area contributed by atoms with E-state index in [0.29, 0.717) is 5.56 Å². The first kappa shape index (κ1) is 21.6. The van der Waals surface area contributed by atoms with E-state index in [0.717, 1.165) is 25.7 Å². The zero-order valence-electron chi connectivity index (χ0n) is 16.5. The molecule has 6 nitrogen and oxygen atoms in total. The van der Waals surface area contributed by atoms with Gasteiger partial charge in [0.2, 0.25) is 10.0 Å². The van der Waals surface area contributed by atoms with E-state index in [1.165, 1.54) is 29.3 Å². The van der Waals surface area contributed by atoms with Gasteiger partial charge in [0.1, 0.15) is 4.90 Å². The molecule has 0 aromatic heterocycles. The van der Waals surface area contributed by atoms with Crippen LogP contribution in [0.2, 0.25) is 5.02 Å². The van der Waals surface area contributed by atoms with Gasteiger partial charge in [0.25, 0.3) is 5.91 Å². The summed E-state index contributed by atoms with van der Waals surface area (Å²) < 4.78 is 33.3. The van der Waals surface area contributed by atoms with Gasteiger partial charge in [-0.1, -0.05) is 37.3 Å². The molecule has 1 saturated carbocycles. The number of halogens is 1. The first-order valence-electron chi connectivity index (χ1n) is 10.0. The molecular weight excluding hydrogens is 400 g/mol. The zero-order valence-corrected chi connectivity index (χ0v) is 18.1. The summed E-state index contributed by atoms with van der Waals surface area (Å²) in [7, 11) is -3.81. The molecule has 3 rings (SSSR count). The van der Waals surface area contributed by atoms with Crippen molar-refractivity contribution < 1.29 is 17.9 Å². The highest BCUT2D eigenvalue weighted by molar-refractivity contribution is 7.89. The number of morpholine rings is 1. The summed E-state index contributed by atoms with van der Waals surface area (Å²) >= 11 is 6.22. The Kier molecular flexibility index (Phi) is 7.02. The fourth-order valence-corrected chi connectivity index (χ4v) is 6.09. The summed E-state index contributed by atoms with van der Waals surface area (Å²) in [5.74, 6) is -0.247. The quantitative estimate of drug-likeness (QED) is 0.743. The minimum atomic E-state index is -3.81. The molecule has 156 valence electrons. The highest BCUT2D eigenvalue weighted by Gasteiger charge is 2.34. The number of hydrogen-bond acceptors (Lipinski definition) is 4. The Labute approximate surface area is 172 Å². The molecule has 0 spiro atoms. The Morgan fingerprint density at radius 2 is 1.71 bits per heavy atom. The standard InChI is InChI=1S/C20H29ClN2O4S/c1-14-12-23(13-15(2)27-14)28(25,26)19-11-16(9-10-18(19)21)20(24)22-17-7-5-3-4-6-8-17/h9-11,14-15,17H,3-8,12-13H2,1-2H3,(H,22,24). The van der Waals surface area contributed by atoms with Gasteiger partial charge in [-0.2, -0.15) is 4.31 Å². The van der Waals surface area contributed by atoms with Gasteiger partial charge in [-0.3, -0.25) is 4.79 Å². The number of carbonyl (C=O) groups excluding carboxylic acids is 1. The van der Waals surface area contributed by atoms with E-state index < -0.39 is 10.0 Å². The lowest BCUT2D eigenvalue weighted by molar-refractivity contribution is -0.0440. The Morgan fingerprint density at radius 1 is 1.11 bits per heavy atom. The monoisotopic (exact) mass is 428 g/mol. The van der Waals surface area contributed by atoms with Crippen LogP contribution < -0.4 is 5.32 Å². The first-order valence-corrected chi connectivity index (χ1v) is 11.8. The number of nitrogens with one attached hydrogen (secondary N) is 1. The van der Waals surface area contributed by atoms with Gasteiger partial charge in [0.15, 0.2) is 0 Å². The van der Waals surface area contributed by atoms with Crippen LogP contribution in [0.5, 0.6) is 0 Å². The van der Waals surface area contributed by atoms with Crippen LogP contribution in [0.1, 0.15) is 62.7 Å². The third kappa shape index (κ3) is 5.06. The van der Waals surface area contributed by atoms with E-state index in [-0.39, 0.29) is 47.2 Å². The smallest absolute Gasteiger partial charge is 0.251 e. The highest BCUT2D eigenvalue weighted by atomic mass is 35.5. The fourth-order valence-electron chi connectivity index (χ4n) is 4.00. The summed E-state index contributed by atoms with van der Waals surface area (Å²) in [5.41, 5.74) is 0.321. The molecule has 2 unspecified atom stereocenters. The van der Waals surface area contributed by atoms with Crippen molar-refractivity contribution in [3.63, 3.8) is 0 Å². The molecule has 2 fully saturated rings. The molecule has 1 aromatic carbocycles. The summed E-state index contributed by atoms with van der Waals surface area (Å²) in [6.07, 6.45) is 6.16. The normalized spacial score (nSPS) is 25.2. The van der Waals surface area contributed by atoms with Crippen LogP contribution in [0.25, 0.3) is 0 Å². The average Bonchev–Trinajstić information content (AvgIpc) is 2.89. The van der Waals surface area contributed by atoms with Crippen molar-refractivity contribution in [3.05, 3.63) is 28.8 Å². The summed E-state index contributed by atoms with van der Waals surface area (Å²) in [6.45, 7) is 4.22. The summed E-state index contributed by atoms with van der Waals surface area (Å²) in [6, 6.07) is 4.61. The van der Waals surface area contributed by atoms with E-state index in [1.807, 2.05) is 13.8 Å². The third-order valence-electron chi connectivity index (χ3n) is 5.39. The lowest BCUT2D eigenvalue weighted by Crippen LogP contribution is -2.48. The second-order valence-corrected chi connectivity index (χ2v) is 10.2. The van der Waals surface area contributed by atoms with E-state index in [9.17, 15) is 13.2 Å². The number of nitrogens with zero attached hydrogens (tertiary/aromatic N) is 1. The van der Waals surface area contributed by atoms with E-state index in [1.54, 1.807) is 6.07 Å². The van der Waals surface area contributed by atoms with Gasteiger partial charge in [-0.25, -0.2) is 8.42 Å². The second-order valence-electron chi connectivity index (χ2n) is 7.89. The summed E-state index contributed by atoms with van der Waals surface area (Å²) in [5, 5.41) is 3.18. The SMILES string of the molecule is CC1CN(S(=O)(=O)c2cc(C(=O)NC3CCCCCC3)ccc2Cl)CC(C)O1. The molecular formula is C20H29ClN2O4S. The van der Waals surface area contributed by atoms with Crippen LogP contribution in [-0.4, -0.2) is 50.0 Å². The Hall–Kier alpha value is -1.15. The highest BCUT2D eigenvalue weighted by Crippen LogP contribution is 2.28. The molecule has 1 amide bonds. The maximum Gasteiger partial charge on any atom is 0.251 e. The molecule has 28 heavy (non-hydrogen) atoms. The van der Waals surface area contributed by atoms with Crippen LogP contribution in [0, 0.1) is 0 Å². The van der Waals surface area contributed by atoms with Crippen molar-refractivity contribution in [2.24, 2.45) is 0 Å². The number of ether oxygens (including phenoxy) is 1. The molecule has 1 saturated heterocycles. The lowest BCUT2D eigenvalue weighted by Gasteiger charge is -2.34. The van der Waals surface area contributed by atoms with Crippen molar-refractivity contribution in [2.45, 2.75) is 75.5 Å². The average molecular weight is 429 g/mol. The molecule has 1 aromatic rings. The number of amides is 1. The lowest BCUT2D eigenvalue weighted by atomic mass is 10.1. The van der Waals surface area contributed by atoms with Gasteiger partial charge < -0.3 is 10.1 Å². The molecule has 0 bridgehead atoms. The third-order valence-corrected chi connectivity index (χ3v) is 7.70. The van der Waals surface area contributed by atoms with E-state index >= 15 is 0 Å². The van der Waals surface area contributed by atoms with Crippen molar-refractivity contribution in [1.29, 1.82) is 0 Å². The Morgan fingerprint density at radius 3 is 2.32 bits per heavy atom. The zero-order chi connectivity index (χ0) is 20.3. The number of benzene rings is 1. The maximum absolute atomic E-state index is 13.2. The van der Waals surface area contributed by atoms with E-state index in [2.05, 4.69) is 5.32 Å². The number of rotatable bonds is 4. The van der Waals surface area contributed by atoms with Gasteiger partial charge in [-0.15, -0.1) is 0 Å². The largest absolute Gasteiger partial charge is 0.373 e. The first-order chi connectivity index (χ1) is 13.3. The molecule has 2 aliphatic rings. The molecule has 1 aliphatic carbocycles. The van der Waals surface area contributed by atoms with Crippen LogP contribution in [0.15, 0.2) is 23.1 Å². The van der Waals surface area contributed by atoms with Crippen LogP contribution in [0.3, 0.4) is 0 Å². The van der Waals surface area contributed by atoms with Crippen LogP contribution in [-0.2, 0) is 14.8 Å². The minimum Gasteiger partial charge on any atom is -0.373 e. The molecule has 1 N–H and O–H groups in total. The molecule has 8 heteroatoms. The van der Waals surface area contributed by atoms with Crippen molar-refractivity contribution in [1.82, 2.24) is 9.62 Å². The van der Waals surface area contributed by atoms with E-state index in [4.69, 9.17) is 16.3 Å². The minimum absolute atomic E-state index is 0.0241. The Bertz CT molecular complexity index is 796. The maximum atomic E-state index is 13.2. The molecule has 2 atom stereocenters. The van der Waals surface area contributed by atoms with Gasteiger partial charge in [-0.05, 0) is 44.9 Å². The predicted molar refractivity (Wildman–Crippen MR) is 109 cm³/mol. The topological polar surface area (TPSA) is 75.7 Å². The molecule has 1 aliphatic heterocycles. The number of hydrogen-bond donors (Lipinski definition) is 1. The van der Waals surface area contributed by atoms with Gasteiger partial charge in [0.05, 0.1) is 17.2 Å².